The molecule has 0 unspecified atom stereocenters. The van der Waals surface area contributed by atoms with Gasteiger partial charge in [-0.2, -0.15) is 0 Å². The fourth-order valence-electron chi connectivity index (χ4n) is 0.250. The summed E-state index contributed by atoms with van der Waals surface area (Å²) < 4.78 is 0. The van der Waals surface area contributed by atoms with Gasteiger partial charge in [-0.25, -0.2) is 0 Å². The van der Waals surface area contributed by atoms with Crippen molar-refractivity contribution >= 4 is 0 Å². The summed E-state index contributed by atoms with van der Waals surface area (Å²) in [7, 11) is 4.32. The van der Waals surface area contributed by atoms with Gasteiger partial charge in [-0.05, 0) is 13.8 Å². The molecule has 0 atom stereocenters. The minimum Gasteiger partial charge on any atom is -0.352 e. The minimum atomic E-state index is 0.347. The molecule has 0 fully saturated rings. The summed E-state index contributed by atoms with van der Waals surface area (Å²) in [5, 5.41) is 0. The third-order valence-corrected chi connectivity index (χ3v) is 1.98. The fourth-order valence-corrected chi connectivity index (χ4v) is 0.250. The Bertz CT molecular complexity index is 66.9. The number of hydrogen-bond donors (Lipinski definition) is 2. The van der Waals surface area contributed by atoms with Crippen molar-refractivity contribution in [1.29, 1.82) is 0 Å². The lowest BCUT2D eigenvalue weighted by Crippen LogP contribution is -3.16. The lowest BCUT2D eigenvalue weighted by atomic mass is 10.1. The Morgan fingerprint density at radius 1 is 1.38 bits per heavy atom. The van der Waals surface area contributed by atoms with Gasteiger partial charge < -0.3 is 10.6 Å². The highest BCUT2D eigenvalue weighted by atomic mass is 15.1. The molecule has 0 aliphatic heterocycles. The second-order valence-electron chi connectivity index (χ2n) is 3.13. The normalized spacial score (nSPS) is 12.8. The number of nitrogens with one attached hydrogen (secondary N) is 1. The molecule has 0 aromatic heterocycles. The van der Waals surface area contributed by atoms with E-state index in [0.717, 1.165) is 6.54 Å². The molecule has 0 spiro atoms. The molecule has 0 aromatic carbocycles. The molecule has 0 rings (SSSR count). The van der Waals surface area contributed by atoms with E-state index in [4.69, 9.17) is 0 Å². The Morgan fingerprint density at radius 2 is 1.75 bits per heavy atom. The summed E-state index contributed by atoms with van der Waals surface area (Å²) in [6.45, 7) is 5.43. The maximum atomic E-state index is 3.86. The van der Waals surface area contributed by atoms with Crippen LogP contribution in [0.4, 0.5) is 0 Å². The monoisotopic (exact) mass is 118 g/mol. The Labute approximate surface area is 51.7 Å². The van der Waals surface area contributed by atoms with Crippen LogP contribution in [0.25, 0.3) is 0 Å². The summed E-state index contributed by atoms with van der Waals surface area (Å²) in [5.74, 6) is 0. The smallest absolute Gasteiger partial charge is 0.141 e. The lowest BCUT2D eigenvalue weighted by molar-refractivity contribution is -0.918. The zero-order valence-corrected chi connectivity index (χ0v) is 6.41. The van der Waals surface area contributed by atoms with E-state index in [9.17, 15) is 0 Å². The zero-order chi connectivity index (χ0) is 6.78. The molecule has 0 radical (unpaired) electrons. The maximum absolute atomic E-state index is 3.86. The van der Waals surface area contributed by atoms with Gasteiger partial charge in [0, 0.05) is 0 Å². The zero-order valence-electron chi connectivity index (χ0n) is 6.41. The molecule has 0 saturated heterocycles. The van der Waals surface area contributed by atoms with Crippen molar-refractivity contribution in [3.8, 4) is 0 Å². The van der Waals surface area contributed by atoms with Crippen LogP contribution < -0.4 is 10.6 Å². The maximum Gasteiger partial charge on any atom is 0.141 e. The van der Waals surface area contributed by atoms with Crippen molar-refractivity contribution in [2.75, 3.05) is 20.6 Å². The van der Waals surface area contributed by atoms with E-state index < -0.39 is 0 Å². The quantitative estimate of drug-likeness (QED) is 0.427. The predicted molar refractivity (Wildman–Crippen MR) is 34.6 cm³/mol. The number of hydrogen-bond acceptors (Lipinski definition) is 0. The molecule has 2 nitrogen and oxygen atoms in total. The van der Waals surface area contributed by atoms with Gasteiger partial charge in [0.15, 0.2) is 0 Å². The average Bonchev–Trinajstić information content (AvgIpc) is 1.67. The van der Waals surface area contributed by atoms with Crippen LogP contribution in [-0.4, -0.2) is 26.2 Å². The average molecular weight is 118 g/mol. The Morgan fingerprint density at radius 3 is 1.75 bits per heavy atom. The lowest BCUT2D eigenvalue weighted by Gasteiger charge is -2.24. The molecule has 0 bridgehead atoms. The van der Waals surface area contributed by atoms with Crippen LogP contribution in [0, 0.1) is 0 Å². The molecule has 0 amide bonds. The molecule has 0 saturated carbocycles. The summed E-state index contributed by atoms with van der Waals surface area (Å²) in [4.78, 5) is 1.47. The Kier molecular flexibility index (Phi) is 2.44. The standard InChI is InChI=1S/C6H16N2/c1-6(2,5-7)8(3)4/h5,7H2,1-4H3/p+2. The summed E-state index contributed by atoms with van der Waals surface area (Å²) in [6, 6.07) is 0. The first-order chi connectivity index (χ1) is 3.50. The largest absolute Gasteiger partial charge is 0.352 e. The molecule has 2 heteroatoms. The van der Waals surface area contributed by atoms with Gasteiger partial charge in [0.05, 0.1) is 14.1 Å². The van der Waals surface area contributed by atoms with Gasteiger partial charge in [-0.3, -0.25) is 0 Å². The van der Waals surface area contributed by atoms with E-state index in [2.05, 4.69) is 33.7 Å². The second-order valence-corrected chi connectivity index (χ2v) is 3.13. The van der Waals surface area contributed by atoms with Crippen molar-refractivity contribution < 1.29 is 10.6 Å². The van der Waals surface area contributed by atoms with Crippen molar-refractivity contribution in [1.82, 2.24) is 0 Å². The van der Waals surface area contributed by atoms with Crippen LogP contribution in [0.15, 0.2) is 0 Å². The first-order valence-electron chi connectivity index (χ1n) is 3.10. The van der Waals surface area contributed by atoms with Crippen LogP contribution in [0.5, 0.6) is 0 Å². The molecular weight excluding hydrogens is 100 g/mol. The fraction of sp³-hybridized carbons (Fsp3) is 1.00. The highest BCUT2D eigenvalue weighted by molar-refractivity contribution is 4.59. The van der Waals surface area contributed by atoms with Gasteiger partial charge in [0.2, 0.25) is 0 Å². The van der Waals surface area contributed by atoms with Crippen LogP contribution in [-0.2, 0) is 0 Å². The number of quaternary nitrogens is 2. The summed E-state index contributed by atoms with van der Waals surface area (Å²) >= 11 is 0. The minimum absolute atomic E-state index is 0.347. The van der Waals surface area contributed by atoms with Crippen molar-refractivity contribution in [2.45, 2.75) is 19.4 Å². The third kappa shape index (κ3) is 1.80. The first-order valence-corrected chi connectivity index (χ1v) is 3.10. The van der Waals surface area contributed by atoms with Crippen LogP contribution in [0.1, 0.15) is 13.8 Å². The van der Waals surface area contributed by atoms with E-state index in [0.29, 0.717) is 5.54 Å². The molecule has 0 aliphatic rings. The topological polar surface area (TPSA) is 32.1 Å². The molecule has 0 heterocycles. The van der Waals surface area contributed by atoms with Crippen LogP contribution >= 0.6 is 0 Å². The molecule has 0 aromatic rings. The molecule has 4 N–H and O–H groups in total. The van der Waals surface area contributed by atoms with Gasteiger partial charge in [-0.15, -0.1) is 0 Å². The van der Waals surface area contributed by atoms with E-state index in [1.807, 2.05) is 0 Å². The highest BCUT2D eigenvalue weighted by Crippen LogP contribution is 1.87. The first kappa shape index (κ1) is 7.92. The van der Waals surface area contributed by atoms with E-state index in [1.165, 1.54) is 4.90 Å². The third-order valence-electron chi connectivity index (χ3n) is 1.98. The number of rotatable bonds is 2. The Hall–Kier alpha value is -0.0800. The molecular formula is C6H18N2+2. The number of likely N-dealkylation sites (N-methyl/N-ethyl adjacent to an activating group) is 1. The Balaban J connectivity index is 3.71. The van der Waals surface area contributed by atoms with Crippen molar-refractivity contribution in [3.63, 3.8) is 0 Å². The van der Waals surface area contributed by atoms with Gasteiger partial charge in [0.1, 0.15) is 12.1 Å². The van der Waals surface area contributed by atoms with Crippen molar-refractivity contribution in [2.24, 2.45) is 0 Å². The van der Waals surface area contributed by atoms with Crippen LogP contribution in [0.3, 0.4) is 0 Å². The van der Waals surface area contributed by atoms with Crippen LogP contribution in [0.2, 0.25) is 0 Å². The highest BCUT2D eigenvalue weighted by Gasteiger charge is 2.23. The van der Waals surface area contributed by atoms with E-state index >= 15 is 0 Å². The van der Waals surface area contributed by atoms with E-state index in [1.54, 1.807) is 0 Å². The van der Waals surface area contributed by atoms with E-state index in [-0.39, 0.29) is 0 Å². The predicted octanol–water partition coefficient (Wildman–Crippen LogP) is -1.85. The van der Waals surface area contributed by atoms with Gasteiger partial charge in [-0.1, -0.05) is 0 Å². The molecule has 50 valence electrons. The van der Waals surface area contributed by atoms with Gasteiger partial charge >= 0.3 is 0 Å². The summed E-state index contributed by atoms with van der Waals surface area (Å²) in [6.07, 6.45) is 0. The van der Waals surface area contributed by atoms with Gasteiger partial charge in [0.25, 0.3) is 0 Å². The summed E-state index contributed by atoms with van der Waals surface area (Å²) in [5.41, 5.74) is 4.20. The SMILES string of the molecule is C[NH+](C)C(C)(C)C[NH3+]. The van der Waals surface area contributed by atoms with Crippen molar-refractivity contribution in [3.05, 3.63) is 0 Å². The molecule has 0 aliphatic carbocycles. The second kappa shape index (κ2) is 2.46. The molecule has 8 heavy (non-hydrogen) atoms.